The number of hydrogen-bond acceptors (Lipinski definition) is 5. The zero-order chi connectivity index (χ0) is 28.8. The fourth-order valence-electron chi connectivity index (χ4n) is 6.07. The first kappa shape index (κ1) is 28.8. The summed E-state index contributed by atoms with van der Waals surface area (Å²) >= 11 is 6.51. The summed E-state index contributed by atoms with van der Waals surface area (Å²) in [6.07, 6.45) is 2.49. The van der Waals surface area contributed by atoms with Crippen LogP contribution in [0.3, 0.4) is 0 Å². The number of rotatable bonds is 6. The molecule has 2 amide bonds. The van der Waals surface area contributed by atoms with Crippen LogP contribution in [0, 0.1) is 17.0 Å². The molecule has 0 saturated carbocycles. The van der Waals surface area contributed by atoms with Gasteiger partial charge in [-0.25, -0.2) is 8.78 Å². The molecule has 2 N–H and O–H groups in total. The van der Waals surface area contributed by atoms with Crippen molar-refractivity contribution in [3.63, 3.8) is 0 Å². The minimum Gasteiger partial charge on any atom is -0.380 e. The number of carbonyl (C=O) groups excluding carboxylic acids is 2. The molecule has 10 heteroatoms. The van der Waals surface area contributed by atoms with Gasteiger partial charge in [-0.3, -0.25) is 14.5 Å². The molecule has 2 aromatic rings. The molecule has 3 heterocycles. The van der Waals surface area contributed by atoms with Gasteiger partial charge in [0.1, 0.15) is 11.6 Å². The Bertz CT molecular complexity index is 1270. The average Bonchev–Trinajstić information content (AvgIpc) is 3.24. The number of anilines is 1. The third-order valence-corrected chi connectivity index (χ3v) is 8.87. The van der Waals surface area contributed by atoms with Crippen LogP contribution < -0.4 is 5.32 Å². The van der Waals surface area contributed by atoms with Crippen LogP contribution >= 0.6 is 11.6 Å². The normalized spacial score (nSPS) is 21.7. The van der Waals surface area contributed by atoms with Crippen molar-refractivity contribution in [3.8, 4) is 0 Å². The lowest BCUT2D eigenvalue weighted by Gasteiger charge is -2.48. The fourth-order valence-corrected chi connectivity index (χ4v) is 6.33. The Kier molecular flexibility index (Phi) is 7.85. The van der Waals surface area contributed by atoms with Gasteiger partial charge in [0.15, 0.2) is 5.60 Å². The standard InChI is InChI=1S/C30H37ClF2N4O3/c1-29(2)8-11-36(18-29)27(38)25-5-4-22(15-26(25)31)34-23-16-37(17-23)24-6-9-35(10-7-24)28(39)30(3,40)19-12-20(32)14-21(33)13-19/h4-5,12-15,23-24,34,40H,6-11,16-18H2,1-3H3/t30-/m0/s1. The van der Waals surface area contributed by atoms with Crippen molar-refractivity contribution in [1.29, 1.82) is 0 Å². The van der Waals surface area contributed by atoms with Gasteiger partial charge in [0, 0.05) is 57.1 Å². The van der Waals surface area contributed by atoms with Crippen LogP contribution in [0.25, 0.3) is 0 Å². The molecule has 0 radical (unpaired) electrons. The van der Waals surface area contributed by atoms with E-state index in [1.54, 1.807) is 11.0 Å². The first-order valence-corrected chi connectivity index (χ1v) is 14.3. The first-order valence-electron chi connectivity index (χ1n) is 13.9. The monoisotopic (exact) mass is 574 g/mol. The Morgan fingerprint density at radius 1 is 1.02 bits per heavy atom. The fraction of sp³-hybridized carbons (Fsp3) is 0.533. The van der Waals surface area contributed by atoms with Crippen molar-refractivity contribution in [2.75, 3.05) is 44.6 Å². The van der Waals surface area contributed by atoms with Gasteiger partial charge in [-0.1, -0.05) is 25.4 Å². The van der Waals surface area contributed by atoms with E-state index in [4.69, 9.17) is 11.6 Å². The van der Waals surface area contributed by atoms with Gasteiger partial charge < -0.3 is 20.2 Å². The topological polar surface area (TPSA) is 76.1 Å². The third kappa shape index (κ3) is 5.97. The van der Waals surface area contributed by atoms with Gasteiger partial charge in [-0.05, 0) is 67.5 Å². The van der Waals surface area contributed by atoms with Crippen LogP contribution in [0.15, 0.2) is 36.4 Å². The summed E-state index contributed by atoms with van der Waals surface area (Å²) < 4.78 is 27.3. The number of likely N-dealkylation sites (tertiary alicyclic amines) is 3. The number of amides is 2. The van der Waals surface area contributed by atoms with Crippen LogP contribution in [-0.2, 0) is 10.4 Å². The van der Waals surface area contributed by atoms with Crippen molar-refractivity contribution in [3.05, 3.63) is 64.2 Å². The van der Waals surface area contributed by atoms with Crippen LogP contribution in [0.5, 0.6) is 0 Å². The highest BCUT2D eigenvalue weighted by atomic mass is 35.5. The van der Waals surface area contributed by atoms with E-state index >= 15 is 0 Å². The second-order valence-corrected chi connectivity index (χ2v) is 12.8. The lowest BCUT2D eigenvalue weighted by molar-refractivity contribution is -0.152. The van der Waals surface area contributed by atoms with Crippen LogP contribution in [0.2, 0.25) is 5.02 Å². The summed E-state index contributed by atoms with van der Waals surface area (Å²) in [5, 5.41) is 14.8. The zero-order valence-corrected chi connectivity index (χ0v) is 24.0. The summed E-state index contributed by atoms with van der Waals surface area (Å²) in [5.74, 6) is -2.24. The second kappa shape index (κ2) is 10.9. The van der Waals surface area contributed by atoms with Crippen molar-refractivity contribution >= 4 is 29.1 Å². The second-order valence-electron chi connectivity index (χ2n) is 12.4. The number of piperidine rings is 1. The molecule has 40 heavy (non-hydrogen) atoms. The predicted octanol–water partition coefficient (Wildman–Crippen LogP) is 4.49. The highest BCUT2D eigenvalue weighted by Crippen LogP contribution is 2.33. The maximum Gasteiger partial charge on any atom is 0.258 e. The highest BCUT2D eigenvalue weighted by Gasteiger charge is 2.40. The number of halogens is 3. The van der Waals surface area contributed by atoms with Crippen LogP contribution in [0.1, 0.15) is 56.0 Å². The van der Waals surface area contributed by atoms with E-state index in [9.17, 15) is 23.5 Å². The zero-order valence-electron chi connectivity index (χ0n) is 23.2. The molecule has 3 fully saturated rings. The summed E-state index contributed by atoms with van der Waals surface area (Å²) in [5.41, 5.74) is -0.554. The van der Waals surface area contributed by atoms with Crippen molar-refractivity contribution in [2.45, 2.75) is 57.7 Å². The Hall–Kier alpha value is -2.75. The highest BCUT2D eigenvalue weighted by molar-refractivity contribution is 6.34. The maximum absolute atomic E-state index is 13.7. The van der Waals surface area contributed by atoms with Gasteiger partial charge in [0.05, 0.1) is 16.6 Å². The molecule has 0 spiro atoms. The predicted molar refractivity (Wildman–Crippen MR) is 150 cm³/mol. The van der Waals surface area contributed by atoms with E-state index < -0.39 is 23.1 Å². The molecular formula is C30H37ClF2N4O3. The SMILES string of the molecule is CC1(C)CCN(C(=O)c2ccc(NC3CN(C4CCN(C(=O)[C@@](C)(O)c5cc(F)cc(F)c5)CC4)C3)cc2Cl)C1. The number of nitrogens with zero attached hydrogens (tertiary/aromatic N) is 3. The molecule has 3 saturated heterocycles. The largest absolute Gasteiger partial charge is 0.380 e. The van der Waals surface area contributed by atoms with Gasteiger partial charge in [-0.2, -0.15) is 0 Å². The van der Waals surface area contributed by atoms with E-state index in [2.05, 4.69) is 24.1 Å². The minimum absolute atomic E-state index is 0.0219. The molecule has 0 aromatic heterocycles. The van der Waals surface area contributed by atoms with E-state index in [1.165, 1.54) is 6.92 Å². The Labute approximate surface area is 239 Å². The summed E-state index contributed by atoms with van der Waals surface area (Å²) in [7, 11) is 0. The van der Waals surface area contributed by atoms with Gasteiger partial charge in [-0.15, -0.1) is 0 Å². The van der Waals surface area contributed by atoms with E-state index in [-0.39, 0.29) is 22.9 Å². The van der Waals surface area contributed by atoms with E-state index in [0.717, 1.165) is 63.3 Å². The number of aliphatic hydroxyl groups is 1. The molecule has 216 valence electrons. The van der Waals surface area contributed by atoms with E-state index in [0.29, 0.717) is 35.8 Å². The number of carbonyl (C=O) groups is 2. The number of hydrogen-bond donors (Lipinski definition) is 2. The molecule has 7 nitrogen and oxygen atoms in total. The third-order valence-electron chi connectivity index (χ3n) is 8.55. The quantitative estimate of drug-likeness (QED) is 0.532. The molecule has 5 rings (SSSR count). The first-order chi connectivity index (χ1) is 18.8. The van der Waals surface area contributed by atoms with Gasteiger partial charge >= 0.3 is 0 Å². The minimum atomic E-state index is -2.01. The van der Waals surface area contributed by atoms with Crippen LogP contribution in [0.4, 0.5) is 14.5 Å². The molecule has 2 aromatic carbocycles. The molecule has 0 unspecified atom stereocenters. The number of nitrogens with one attached hydrogen (secondary N) is 1. The molecule has 0 bridgehead atoms. The smallest absolute Gasteiger partial charge is 0.258 e. The maximum atomic E-state index is 13.7. The van der Waals surface area contributed by atoms with Crippen molar-refractivity contribution in [1.82, 2.24) is 14.7 Å². The van der Waals surface area contributed by atoms with Gasteiger partial charge in [0.25, 0.3) is 11.8 Å². The lowest BCUT2D eigenvalue weighted by atomic mass is 9.91. The Balaban J connectivity index is 1.09. The van der Waals surface area contributed by atoms with E-state index in [1.807, 2.05) is 17.0 Å². The molecular weight excluding hydrogens is 538 g/mol. The molecule has 3 aliphatic heterocycles. The summed E-state index contributed by atoms with van der Waals surface area (Å²) in [6.45, 7) is 9.73. The number of benzene rings is 2. The Morgan fingerprint density at radius 3 is 2.25 bits per heavy atom. The van der Waals surface area contributed by atoms with Crippen LogP contribution in [-0.4, -0.2) is 83.0 Å². The lowest BCUT2D eigenvalue weighted by Crippen LogP contribution is -2.61. The average molecular weight is 575 g/mol. The summed E-state index contributed by atoms with van der Waals surface area (Å²) in [4.78, 5) is 31.8. The van der Waals surface area contributed by atoms with Crippen molar-refractivity contribution < 1.29 is 23.5 Å². The molecule has 3 aliphatic rings. The summed E-state index contributed by atoms with van der Waals surface area (Å²) in [6, 6.07) is 8.79. The molecule has 1 atom stereocenters. The van der Waals surface area contributed by atoms with Crippen molar-refractivity contribution in [2.24, 2.45) is 5.41 Å². The molecule has 0 aliphatic carbocycles. The Morgan fingerprint density at radius 2 is 1.68 bits per heavy atom. The van der Waals surface area contributed by atoms with Gasteiger partial charge in [0.2, 0.25) is 0 Å².